The number of rotatable bonds is 2. The topological polar surface area (TPSA) is 74.9 Å². The van der Waals surface area contributed by atoms with Gasteiger partial charge in [0, 0.05) is 23.9 Å². The maximum Gasteiger partial charge on any atom is 0.166 e. The molecule has 0 saturated carbocycles. The fraction of sp³-hybridized carbons (Fsp3) is 0.300. The molecular formula is C10H12FN3O. The zero-order chi connectivity index (χ0) is 11.0. The van der Waals surface area contributed by atoms with Crippen molar-refractivity contribution in [2.24, 2.45) is 5.73 Å². The van der Waals surface area contributed by atoms with Crippen LogP contribution in [0.5, 0.6) is 5.75 Å². The number of hydrogen-bond donors (Lipinski definition) is 3. The van der Waals surface area contributed by atoms with Gasteiger partial charge in [-0.15, -0.1) is 0 Å². The predicted octanol–water partition coefficient (Wildman–Crippen LogP) is 1.30. The minimum atomic E-state index is -0.654. The molecule has 2 rings (SSSR count). The van der Waals surface area contributed by atoms with Crippen molar-refractivity contribution in [3.05, 3.63) is 23.6 Å². The van der Waals surface area contributed by atoms with Gasteiger partial charge in [0.2, 0.25) is 0 Å². The summed E-state index contributed by atoms with van der Waals surface area (Å²) in [5.74, 6) is -1.02. The van der Waals surface area contributed by atoms with Crippen molar-refractivity contribution < 1.29 is 9.50 Å². The molecule has 1 unspecified atom stereocenters. The van der Waals surface area contributed by atoms with Crippen molar-refractivity contribution in [3.63, 3.8) is 0 Å². The molecule has 4 N–H and O–H groups in total. The van der Waals surface area contributed by atoms with Gasteiger partial charge in [-0.2, -0.15) is 5.10 Å². The first-order valence-corrected chi connectivity index (χ1v) is 4.69. The third kappa shape index (κ3) is 1.78. The molecule has 0 aliphatic heterocycles. The van der Waals surface area contributed by atoms with Crippen LogP contribution in [0.1, 0.15) is 12.6 Å². The normalized spacial score (nSPS) is 13.3. The van der Waals surface area contributed by atoms with Crippen LogP contribution in [0.2, 0.25) is 0 Å². The molecule has 80 valence electrons. The Hall–Kier alpha value is -1.62. The van der Waals surface area contributed by atoms with Gasteiger partial charge in [0.1, 0.15) is 0 Å². The molecule has 4 nitrogen and oxygen atoms in total. The van der Waals surface area contributed by atoms with Gasteiger partial charge in [-0.1, -0.05) is 0 Å². The fourth-order valence-corrected chi connectivity index (χ4v) is 1.54. The lowest BCUT2D eigenvalue weighted by atomic mass is 10.1. The first kappa shape index (κ1) is 9.92. The summed E-state index contributed by atoms with van der Waals surface area (Å²) in [6.07, 6.45) is 0.588. The number of nitrogens with zero attached hydrogens (tertiary/aromatic N) is 1. The second-order valence-corrected chi connectivity index (χ2v) is 3.70. The Morgan fingerprint density at radius 3 is 3.00 bits per heavy atom. The van der Waals surface area contributed by atoms with Gasteiger partial charge in [0.25, 0.3) is 0 Å². The Bertz CT molecular complexity index is 493. The average molecular weight is 209 g/mol. The first-order valence-electron chi connectivity index (χ1n) is 4.69. The molecule has 0 aliphatic rings. The van der Waals surface area contributed by atoms with Crippen LogP contribution in [0, 0.1) is 5.82 Å². The van der Waals surface area contributed by atoms with Crippen LogP contribution < -0.4 is 5.73 Å². The molecule has 2 aromatic rings. The number of aromatic nitrogens is 2. The van der Waals surface area contributed by atoms with E-state index in [4.69, 9.17) is 5.73 Å². The fourth-order valence-electron chi connectivity index (χ4n) is 1.54. The Kier molecular flexibility index (Phi) is 2.32. The second kappa shape index (κ2) is 3.51. The minimum absolute atomic E-state index is 0.0244. The number of phenols is 1. The summed E-state index contributed by atoms with van der Waals surface area (Å²) in [5, 5.41) is 16.7. The van der Waals surface area contributed by atoms with Gasteiger partial charge in [-0.3, -0.25) is 5.10 Å². The predicted molar refractivity (Wildman–Crippen MR) is 55.1 cm³/mol. The summed E-state index contributed by atoms with van der Waals surface area (Å²) >= 11 is 0. The number of hydrogen-bond acceptors (Lipinski definition) is 3. The molecule has 0 aliphatic carbocycles. The maximum absolute atomic E-state index is 13.0. The van der Waals surface area contributed by atoms with Crippen LogP contribution in [-0.2, 0) is 6.42 Å². The van der Waals surface area contributed by atoms with E-state index in [1.54, 1.807) is 0 Å². The number of halogens is 1. The molecule has 0 saturated heterocycles. The summed E-state index contributed by atoms with van der Waals surface area (Å²) < 4.78 is 13.0. The molecule has 1 heterocycles. The number of aromatic hydroxyl groups is 1. The van der Waals surface area contributed by atoms with Crippen molar-refractivity contribution in [2.75, 3.05) is 0 Å². The lowest BCUT2D eigenvalue weighted by Crippen LogP contribution is -2.18. The van der Waals surface area contributed by atoms with Crippen LogP contribution >= 0.6 is 0 Å². The SMILES string of the molecule is CC(N)Cc1n[nH]c2cc(F)c(O)cc12. The van der Waals surface area contributed by atoms with Crippen LogP contribution in [0.4, 0.5) is 4.39 Å². The van der Waals surface area contributed by atoms with Crippen molar-refractivity contribution in [2.45, 2.75) is 19.4 Å². The van der Waals surface area contributed by atoms with Gasteiger partial charge in [0.15, 0.2) is 11.6 Å². The number of H-pyrrole nitrogens is 1. The average Bonchev–Trinajstić information content (AvgIpc) is 2.49. The Morgan fingerprint density at radius 2 is 2.33 bits per heavy atom. The highest BCUT2D eigenvalue weighted by molar-refractivity contribution is 5.83. The quantitative estimate of drug-likeness (QED) is 0.697. The van der Waals surface area contributed by atoms with Crippen molar-refractivity contribution in [1.29, 1.82) is 0 Å². The highest BCUT2D eigenvalue weighted by Crippen LogP contribution is 2.24. The van der Waals surface area contributed by atoms with E-state index in [1.165, 1.54) is 12.1 Å². The van der Waals surface area contributed by atoms with Gasteiger partial charge in [0.05, 0.1) is 11.2 Å². The van der Waals surface area contributed by atoms with E-state index in [0.717, 1.165) is 5.69 Å². The summed E-state index contributed by atoms with van der Waals surface area (Å²) in [6.45, 7) is 1.86. The zero-order valence-electron chi connectivity index (χ0n) is 8.29. The number of fused-ring (bicyclic) bond motifs is 1. The lowest BCUT2D eigenvalue weighted by molar-refractivity contribution is 0.433. The van der Waals surface area contributed by atoms with E-state index >= 15 is 0 Å². The van der Waals surface area contributed by atoms with Crippen molar-refractivity contribution in [3.8, 4) is 5.75 Å². The Labute approximate surface area is 85.9 Å². The number of nitrogens with one attached hydrogen (secondary N) is 1. The van der Waals surface area contributed by atoms with Crippen LogP contribution in [0.25, 0.3) is 10.9 Å². The molecule has 15 heavy (non-hydrogen) atoms. The summed E-state index contributed by atoms with van der Waals surface area (Å²) in [7, 11) is 0. The largest absolute Gasteiger partial charge is 0.505 e. The van der Waals surface area contributed by atoms with Gasteiger partial charge in [-0.25, -0.2) is 4.39 Å². The van der Waals surface area contributed by atoms with Crippen molar-refractivity contribution in [1.82, 2.24) is 10.2 Å². The lowest BCUT2D eigenvalue weighted by Gasteiger charge is -2.01. The maximum atomic E-state index is 13.0. The van der Waals surface area contributed by atoms with Crippen LogP contribution in [0.3, 0.4) is 0 Å². The van der Waals surface area contributed by atoms with E-state index in [0.29, 0.717) is 17.3 Å². The monoisotopic (exact) mass is 209 g/mol. The molecule has 0 radical (unpaired) electrons. The molecule has 0 spiro atoms. The number of aromatic amines is 1. The van der Waals surface area contributed by atoms with Crippen molar-refractivity contribution >= 4 is 10.9 Å². The highest BCUT2D eigenvalue weighted by atomic mass is 19.1. The third-order valence-corrected chi connectivity index (χ3v) is 2.22. The second-order valence-electron chi connectivity index (χ2n) is 3.70. The van der Waals surface area contributed by atoms with Gasteiger partial charge >= 0.3 is 0 Å². The Balaban J connectivity index is 2.54. The minimum Gasteiger partial charge on any atom is -0.505 e. The van der Waals surface area contributed by atoms with E-state index in [2.05, 4.69) is 10.2 Å². The molecule has 0 bridgehead atoms. The van der Waals surface area contributed by atoms with Gasteiger partial charge in [-0.05, 0) is 13.0 Å². The van der Waals surface area contributed by atoms with Gasteiger partial charge < -0.3 is 10.8 Å². The van der Waals surface area contributed by atoms with E-state index in [1.807, 2.05) is 6.92 Å². The Morgan fingerprint density at radius 1 is 1.60 bits per heavy atom. The number of benzene rings is 1. The van der Waals surface area contributed by atoms with E-state index in [-0.39, 0.29) is 11.8 Å². The number of nitrogens with two attached hydrogens (primary N) is 1. The molecule has 0 amide bonds. The molecule has 5 heteroatoms. The smallest absolute Gasteiger partial charge is 0.166 e. The highest BCUT2D eigenvalue weighted by Gasteiger charge is 2.11. The number of phenolic OH excluding ortho intramolecular Hbond substituents is 1. The molecule has 1 aromatic heterocycles. The van der Waals surface area contributed by atoms with E-state index in [9.17, 15) is 9.50 Å². The van der Waals surface area contributed by atoms with Crippen LogP contribution in [-0.4, -0.2) is 21.3 Å². The van der Waals surface area contributed by atoms with Crippen LogP contribution in [0.15, 0.2) is 12.1 Å². The third-order valence-electron chi connectivity index (χ3n) is 2.22. The summed E-state index contributed by atoms with van der Waals surface area (Å²) in [5.41, 5.74) is 6.97. The van der Waals surface area contributed by atoms with E-state index < -0.39 is 5.82 Å². The summed E-state index contributed by atoms with van der Waals surface area (Å²) in [4.78, 5) is 0. The molecule has 1 aromatic carbocycles. The molecular weight excluding hydrogens is 197 g/mol. The zero-order valence-corrected chi connectivity index (χ0v) is 8.29. The first-order chi connectivity index (χ1) is 7.08. The summed E-state index contributed by atoms with van der Waals surface area (Å²) in [6, 6.07) is 2.57. The standard InChI is InChI=1S/C10H12FN3O/c1-5(12)2-8-6-3-10(15)7(11)4-9(6)14-13-8/h3-5,15H,2,12H2,1H3,(H,13,14). The molecule has 0 fully saturated rings. The molecule has 1 atom stereocenters.